The summed E-state index contributed by atoms with van der Waals surface area (Å²) in [6, 6.07) is 6.32. The molecule has 1 aliphatic rings. The van der Waals surface area contributed by atoms with E-state index in [1.165, 1.54) is 18.2 Å². The molecule has 0 atom stereocenters. The molecule has 3 aromatic rings. The number of hydrogen-bond donors (Lipinski definition) is 0. The normalized spacial score (nSPS) is 13.6. The van der Waals surface area contributed by atoms with Crippen molar-refractivity contribution in [3.63, 3.8) is 0 Å². The van der Waals surface area contributed by atoms with Crippen LogP contribution in [0.25, 0.3) is 11.1 Å². The van der Waals surface area contributed by atoms with Crippen LogP contribution < -0.4 is 0 Å². The molecule has 1 amide bonds. The molecule has 0 aliphatic carbocycles. The van der Waals surface area contributed by atoms with Gasteiger partial charge in [-0.1, -0.05) is 12.1 Å². The Kier molecular flexibility index (Phi) is 3.91. The van der Waals surface area contributed by atoms with Crippen molar-refractivity contribution in [2.24, 2.45) is 4.99 Å². The largest absolute Gasteiger partial charge is 0.416 e. The van der Waals surface area contributed by atoms with Crippen molar-refractivity contribution >= 4 is 11.7 Å². The van der Waals surface area contributed by atoms with Crippen molar-refractivity contribution in [3.05, 3.63) is 76.6 Å². The van der Waals surface area contributed by atoms with Gasteiger partial charge in [-0.2, -0.15) is 27.9 Å². The highest BCUT2D eigenvalue weighted by Crippen LogP contribution is 2.35. The van der Waals surface area contributed by atoms with Crippen LogP contribution in [0.2, 0.25) is 0 Å². The Labute approximate surface area is 154 Å². The zero-order valence-electron chi connectivity index (χ0n) is 14.2. The summed E-state index contributed by atoms with van der Waals surface area (Å²) in [5, 5.41) is 4.06. The molecule has 0 radical (unpaired) electrons. The number of hydrogen-bond acceptors (Lipinski definition) is 2. The molecule has 9 heteroatoms. The maximum absolute atomic E-state index is 14.3. The van der Waals surface area contributed by atoms with Gasteiger partial charge in [-0.25, -0.2) is 13.6 Å². The zero-order valence-corrected chi connectivity index (χ0v) is 14.2. The van der Waals surface area contributed by atoms with Crippen LogP contribution in [-0.4, -0.2) is 21.5 Å². The van der Waals surface area contributed by atoms with Crippen LogP contribution in [0, 0.1) is 18.6 Å². The number of carbonyl (C=O) groups excluding carboxylic acids is 1. The third kappa shape index (κ3) is 2.79. The maximum atomic E-state index is 14.3. The average molecular weight is 391 g/mol. The van der Waals surface area contributed by atoms with Gasteiger partial charge in [0.1, 0.15) is 23.0 Å². The van der Waals surface area contributed by atoms with Crippen molar-refractivity contribution in [2.75, 3.05) is 0 Å². The first-order valence-electron chi connectivity index (χ1n) is 8.03. The number of rotatable bonds is 2. The molecule has 0 bridgehead atoms. The second-order valence-electron chi connectivity index (χ2n) is 6.16. The predicted octanol–water partition coefficient (Wildman–Crippen LogP) is 4.97. The summed E-state index contributed by atoms with van der Waals surface area (Å²) in [5.74, 6) is -1.62. The van der Waals surface area contributed by atoms with Crippen LogP contribution in [0.3, 0.4) is 0 Å². The number of amides is 1. The molecular formula is C19H10F5N3O. The molecule has 142 valence electrons. The van der Waals surface area contributed by atoms with E-state index in [0.29, 0.717) is 11.8 Å². The summed E-state index contributed by atoms with van der Waals surface area (Å²) in [5.41, 5.74) is 0.134. The molecule has 1 aromatic heterocycles. The molecule has 0 fully saturated rings. The minimum Gasteiger partial charge on any atom is -0.244 e. The number of fused-ring (bicyclic) bond motifs is 1. The Bertz CT molecular complexity index is 1140. The molecule has 0 saturated heterocycles. The van der Waals surface area contributed by atoms with Gasteiger partial charge < -0.3 is 0 Å². The van der Waals surface area contributed by atoms with Crippen LogP contribution in [0.5, 0.6) is 0 Å². The fourth-order valence-electron chi connectivity index (χ4n) is 3.11. The van der Waals surface area contributed by atoms with Gasteiger partial charge in [0.25, 0.3) is 0 Å². The molecule has 0 spiro atoms. The van der Waals surface area contributed by atoms with E-state index in [4.69, 9.17) is 0 Å². The molecule has 1 aliphatic heterocycles. The third-order valence-corrected chi connectivity index (χ3v) is 4.36. The Morgan fingerprint density at radius 1 is 1.00 bits per heavy atom. The van der Waals surface area contributed by atoms with E-state index in [1.54, 1.807) is 6.92 Å². The van der Waals surface area contributed by atoms with Crippen LogP contribution in [-0.2, 0) is 6.18 Å². The summed E-state index contributed by atoms with van der Waals surface area (Å²) in [7, 11) is 0. The van der Waals surface area contributed by atoms with Gasteiger partial charge in [0, 0.05) is 22.8 Å². The van der Waals surface area contributed by atoms with Gasteiger partial charge >= 0.3 is 12.2 Å². The highest BCUT2D eigenvalue weighted by Gasteiger charge is 2.34. The summed E-state index contributed by atoms with van der Waals surface area (Å²) in [6.07, 6.45) is -4.51. The lowest BCUT2D eigenvalue weighted by molar-refractivity contribution is -0.137. The second kappa shape index (κ2) is 6.08. The molecule has 0 N–H and O–H groups in total. The minimum absolute atomic E-state index is 0.00876. The van der Waals surface area contributed by atoms with Gasteiger partial charge in [0.2, 0.25) is 0 Å². The summed E-state index contributed by atoms with van der Waals surface area (Å²) in [6.45, 7) is 1.54. The molecule has 28 heavy (non-hydrogen) atoms. The Morgan fingerprint density at radius 3 is 2.29 bits per heavy atom. The van der Waals surface area contributed by atoms with Gasteiger partial charge in [0.15, 0.2) is 0 Å². The number of alkyl halides is 3. The number of halogens is 5. The minimum atomic E-state index is -4.51. The van der Waals surface area contributed by atoms with Gasteiger partial charge in [-0.15, -0.1) is 0 Å². The molecule has 2 aromatic carbocycles. The molecule has 0 saturated carbocycles. The smallest absolute Gasteiger partial charge is 0.244 e. The summed E-state index contributed by atoms with van der Waals surface area (Å²) < 4.78 is 67.0. The number of aryl methyl sites for hydroxylation is 1. The lowest BCUT2D eigenvalue weighted by Gasteiger charge is -2.09. The number of aromatic nitrogens is 2. The first-order chi connectivity index (χ1) is 13.2. The molecular weight excluding hydrogens is 381 g/mol. The van der Waals surface area contributed by atoms with E-state index in [0.717, 1.165) is 22.9 Å². The van der Waals surface area contributed by atoms with Crippen molar-refractivity contribution in [2.45, 2.75) is 13.1 Å². The fraction of sp³-hybridized carbons (Fsp3) is 0.105. The van der Waals surface area contributed by atoms with Crippen molar-refractivity contribution in [3.8, 4) is 11.1 Å². The van der Waals surface area contributed by atoms with Crippen molar-refractivity contribution in [1.82, 2.24) is 9.78 Å². The van der Waals surface area contributed by atoms with Gasteiger partial charge in [-0.05, 0) is 31.2 Å². The SMILES string of the molecule is Cc1nn2c(c1-c1ccc(F)cc1F)C(c1ccc(C(F)(F)F)cc1)=NC2=O. The van der Waals surface area contributed by atoms with E-state index in [9.17, 15) is 26.7 Å². The van der Waals surface area contributed by atoms with Crippen LogP contribution in [0.1, 0.15) is 22.5 Å². The standard InChI is InChI=1S/C19H10F5N3O/c1-9-15(13-7-6-12(20)8-14(13)21)17-16(25-18(28)27(17)26-9)10-2-4-11(5-3-10)19(22,23)24/h2-8H,1H3. The molecule has 4 rings (SSSR count). The molecule has 4 nitrogen and oxygen atoms in total. The Hall–Kier alpha value is -3.36. The maximum Gasteiger partial charge on any atom is 0.416 e. The van der Waals surface area contributed by atoms with E-state index in [-0.39, 0.29) is 28.1 Å². The highest BCUT2D eigenvalue weighted by molar-refractivity contribution is 6.23. The van der Waals surface area contributed by atoms with Gasteiger partial charge in [-0.3, -0.25) is 0 Å². The molecule has 2 heterocycles. The monoisotopic (exact) mass is 391 g/mol. The molecule has 0 unspecified atom stereocenters. The summed E-state index contributed by atoms with van der Waals surface area (Å²) >= 11 is 0. The number of carbonyl (C=O) groups is 1. The van der Waals surface area contributed by atoms with Crippen molar-refractivity contribution < 1.29 is 26.7 Å². The summed E-state index contributed by atoms with van der Waals surface area (Å²) in [4.78, 5) is 16.0. The van der Waals surface area contributed by atoms with Gasteiger partial charge in [0.05, 0.1) is 11.3 Å². The Balaban J connectivity index is 1.88. The van der Waals surface area contributed by atoms with Crippen molar-refractivity contribution in [1.29, 1.82) is 0 Å². The predicted molar refractivity (Wildman–Crippen MR) is 90.2 cm³/mol. The third-order valence-electron chi connectivity index (χ3n) is 4.36. The zero-order chi connectivity index (χ0) is 20.2. The number of benzene rings is 2. The van der Waals surface area contributed by atoms with E-state index in [2.05, 4.69) is 10.1 Å². The lowest BCUT2D eigenvalue weighted by atomic mass is 9.97. The van der Waals surface area contributed by atoms with E-state index < -0.39 is 29.4 Å². The number of nitrogens with zero attached hydrogens (tertiary/aromatic N) is 3. The topological polar surface area (TPSA) is 47.2 Å². The van der Waals surface area contributed by atoms with Crippen LogP contribution in [0.4, 0.5) is 26.7 Å². The Morgan fingerprint density at radius 2 is 1.68 bits per heavy atom. The second-order valence-corrected chi connectivity index (χ2v) is 6.16. The quantitative estimate of drug-likeness (QED) is 0.579. The number of aliphatic imine (C=N–C) groups is 1. The highest BCUT2D eigenvalue weighted by atomic mass is 19.4. The van der Waals surface area contributed by atoms with Crippen LogP contribution >= 0.6 is 0 Å². The van der Waals surface area contributed by atoms with Crippen LogP contribution in [0.15, 0.2) is 47.5 Å². The fourth-order valence-corrected chi connectivity index (χ4v) is 3.11. The van der Waals surface area contributed by atoms with E-state index >= 15 is 0 Å². The first kappa shape index (κ1) is 18.0. The average Bonchev–Trinajstić information content (AvgIpc) is 3.11. The lowest BCUT2D eigenvalue weighted by Crippen LogP contribution is -2.09. The van der Waals surface area contributed by atoms with E-state index in [1.807, 2.05) is 0 Å². The first-order valence-corrected chi connectivity index (χ1v) is 8.03.